The van der Waals surface area contributed by atoms with Gasteiger partial charge in [0.2, 0.25) is 0 Å². The first-order chi connectivity index (χ1) is 10.3. The number of hydrogen-bond donors (Lipinski definition) is 1. The Hall–Kier alpha value is -1.67. The molecule has 0 unspecified atom stereocenters. The number of benzene rings is 1. The molecule has 1 aliphatic carbocycles. The molecule has 1 N–H and O–H groups in total. The highest BCUT2D eigenvalue weighted by molar-refractivity contribution is 5.79. The quantitative estimate of drug-likeness (QED) is 0.643. The molecule has 3 rings (SSSR count). The van der Waals surface area contributed by atoms with Crippen molar-refractivity contribution < 1.29 is 0 Å². The standard InChI is InChI=1S/C19H24N2/c1-15-7-9-18-13-17(8-10-19(18)21-15)14-20-12-11-16-5-3-2-4-6-16/h5,7-10,13,20H,2-4,6,11-12,14H2,1H3. The van der Waals surface area contributed by atoms with Crippen LogP contribution in [0.1, 0.15) is 43.4 Å². The summed E-state index contributed by atoms with van der Waals surface area (Å²) in [5.74, 6) is 0. The zero-order valence-electron chi connectivity index (χ0n) is 12.9. The highest BCUT2D eigenvalue weighted by atomic mass is 14.8. The maximum atomic E-state index is 4.55. The topological polar surface area (TPSA) is 24.9 Å². The Balaban J connectivity index is 1.53. The summed E-state index contributed by atoms with van der Waals surface area (Å²) in [6, 6.07) is 10.8. The summed E-state index contributed by atoms with van der Waals surface area (Å²) in [6.07, 6.45) is 8.99. The lowest BCUT2D eigenvalue weighted by atomic mass is 9.97. The average molecular weight is 280 g/mol. The minimum atomic E-state index is 0.942. The Morgan fingerprint density at radius 2 is 2.10 bits per heavy atom. The lowest BCUT2D eigenvalue weighted by molar-refractivity contribution is 0.632. The smallest absolute Gasteiger partial charge is 0.0705 e. The van der Waals surface area contributed by atoms with Crippen LogP contribution in [0.5, 0.6) is 0 Å². The van der Waals surface area contributed by atoms with Crippen molar-refractivity contribution in [1.29, 1.82) is 0 Å². The minimum absolute atomic E-state index is 0.942. The zero-order valence-corrected chi connectivity index (χ0v) is 12.9. The van der Waals surface area contributed by atoms with Crippen LogP contribution in [0.3, 0.4) is 0 Å². The van der Waals surface area contributed by atoms with E-state index in [1.807, 2.05) is 6.92 Å². The normalized spacial score (nSPS) is 15.2. The number of nitrogens with zero attached hydrogens (tertiary/aromatic N) is 1. The number of fused-ring (bicyclic) bond motifs is 1. The van der Waals surface area contributed by atoms with E-state index < -0.39 is 0 Å². The molecule has 0 saturated heterocycles. The molecule has 0 spiro atoms. The molecular formula is C19H24N2. The summed E-state index contributed by atoms with van der Waals surface area (Å²) in [4.78, 5) is 4.55. The van der Waals surface area contributed by atoms with E-state index in [2.05, 4.69) is 46.7 Å². The van der Waals surface area contributed by atoms with E-state index in [1.54, 1.807) is 5.57 Å². The predicted molar refractivity (Wildman–Crippen MR) is 89.4 cm³/mol. The third kappa shape index (κ3) is 3.92. The number of rotatable bonds is 5. The zero-order chi connectivity index (χ0) is 14.5. The molecule has 1 heterocycles. The second-order valence-corrected chi connectivity index (χ2v) is 6.01. The van der Waals surface area contributed by atoms with Crippen molar-refractivity contribution in [1.82, 2.24) is 10.3 Å². The van der Waals surface area contributed by atoms with Gasteiger partial charge in [-0.2, -0.15) is 0 Å². The van der Waals surface area contributed by atoms with Crippen LogP contribution >= 0.6 is 0 Å². The fourth-order valence-corrected chi connectivity index (χ4v) is 3.00. The molecular weight excluding hydrogens is 256 g/mol. The molecule has 0 saturated carbocycles. The van der Waals surface area contributed by atoms with Crippen molar-refractivity contribution in [3.05, 3.63) is 53.2 Å². The summed E-state index contributed by atoms with van der Waals surface area (Å²) in [5, 5.41) is 4.80. The molecule has 0 fully saturated rings. The van der Waals surface area contributed by atoms with Gasteiger partial charge in [-0.15, -0.1) is 0 Å². The average Bonchev–Trinajstić information content (AvgIpc) is 2.52. The van der Waals surface area contributed by atoms with Crippen LogP contribution in [0.2, 0.25) is 0 Å². The fourth-order valence-electron chi connectivity index (χ4n) is 3.00. The highest BCUT2D eigenvalue weighted by Gasteiger charge is 2.03. The Labute approximate surface area is 127 Å². The van der Waals surface area contributed by atoms with Crippen LogP contribution in [0.4, 0.5) is 0 Å². The number of pyridine rings is 1. The SMILES string of the molecule is Cc1ccc2cc(CNCCC3=CCCCC3)ccc2n1. The molecule has 0 atom stereocenters. The van der Waals surface area contributed by atoms with Gasteiger partial charge in [-0.25, -0.2) is 0 Å². The van der Waals surface area contributed by atoms with Crippen molar-refractivity contribution in [3.63, 3.8) is 0 Å². The molecule has 2 nitrogen and oxygen atoms in total. The second-order valence-electron chi connectivity index (χ2n) is 6.01. The summed E-state index contributed by atoms with van der Waals surface area (Å²) in [5.41, 5.74) is 5.15. The van der Waals surface area contributed by atoms with Crippen molar-refractivity contribution in [2.45, 2.75) is 45.6 Å². The molecule has 1 aliphatic rings. The Morgan fingerprint density at radius 1 is 1.14 bits per heavy atom. The van der Waals surface area contributed by atoms with E-state index in [4.69, 9.17) is 0 Å². The van der Waals surface area contributed by atoms with Gasteiger partial charge in [0, 0.05) is 17.6 Å². The summed E-state index contributed by atoms with van der Waals surface area (Å²) < 4.78 is 0. The summed E-state index contributed by atoms with van der Waals surface area (Å²) in [6.45, 7) is 4.06. The maximum Gasteiger partial charge on any atom is 0.0705 e. The van der Waals surface area contributed by atoms with Gasteiger partial charge in [0.25, 0.3) is 0 Å². The van der Waals surface area contributed by atoms with E-state index in [0.29, 0.717) is 0 Å². The van der Waals surface area contributed by atoms with Crippen molar-refractivity contribution in [3.8, 4) is 0 Å². The van der Waals surface area contributed by atoms with E-state index >= 15 is 0 Å². The highest BCUT2D eigenvalue weighted by Crippen LogP contribution is 2.19. The monoisotopic (exact) mass is 280 g/mol. The van der Waals surface area contributed by atoms with Crippen LogP contribution in [0.15, 0.2) is 42.0 Å². The molecule has 2 heteroatoms. The van der Waals surface area contributed by atoms with Crippen LogP contribution in [-0.2, 0) is 6.54 Å². The lowest BCUT2D eigenvalue weighted by Crippen LogP contribution is -2.15. The first kappa shape index (κ1) is 14.3. The Bertz CT molecular complexity index is 643. The molecule has 1 aromatic heterocycles. The number of nitrogens with one attached hydrogen (secondary N) is 1. The van der Waals surface area contributed by atoms with Crippen LogP contribution in [0, 0.1) is 6.92 Å². The minimum Gasteiger partial charge on any atom is -0.312 e. The third-order valence-corrected chi connectivity index (χ3v) is 4.23. The molecule has 0 radical (unpaired) electrons. The molecule has 0 aliphatic heterocycles. The molecule has 21 heavy (non-hydrogen) atoms. The second kappa shape index (κ2) is 6.86. The van der Waals surface area contributed by atoms with Crippen LogP contribution in [0.25, 0.3) is 10.9 Å². The van der Waals surface area contributed by atoms with Crippen LogP contribution in [-0.4, -0.2) is 11.5 Å². The van der Waals surface area contributed by atoms with Crippen molar-refractivity contribution in [2.75, 3.05) is 6.54 Å². The maximum absolute atomic E-state index is 4.55. The molecule has 1 aromatic carbocycles. The van der Waals surface area contributed by atoms with Gasteiger partial charge in [0.05, 0.1) is 5.52 Å². The van der Waals surface area contributed by atoms with E-state index in [0.717, 1.165) is 24.3 Å². The number of hydrogen-bond acceptors (Lipinski definition) is 2. The molecule has 110 valence electrons. The van der Waals surface area contributed by atoms with Crippen LogP contribution < -0.4 is 5.32 Å². The lowest BCUT2D eigenvalue weighted by Gasteiger charge is -2.13. The molecule has 0 amide bonds. The molecule has 2 aromatic rings. The van der Waals surface area contributed by atoms with E-state index in [-0.39, 0.29) is 0 Å². The van der Waals surface area contributed by atoms with Gasteiger partial charge in [0.1, 0.15) is 0 Å². The number of aromatic nitrogens is 1. The first-order valence-corrected chi connectivity index (χ1v) is 8.06. The fraction of sp³-hybridized carbons (Fsp3) is 0.421. The Kier molecular flexibility index (Phi) is 4.66. The third-order valence-electron chi connectivity index (χ3n) is 4.23. The summed E-state index contributed by atoms with van der Waals surface area (Å²) >= 11 is 0. The molecule has 0 bridgehead atoms. The number of allylic oxidation sites excluding steroid dienone is 1. The van der Waals surface area contributed by atoms with Crippen molar-refractivity contribution in [2.24, 2.45) is 0 Å². The predicted octanol–water partition coefficient (Wildman–Crippen LogP) is 4.52. The van der Waals surface area contributed by atoms with Gasteiger partial charge < -0.3 is 5.32 Å². The first-order valence-electron chi connectivity index (χ1n) is 8.06. The Morgan fingerprint density at radius 3 is 2.95 bits per heavy atom. The van der Waals surface area contributed by atoms with Gasteiger partial charge in [-0.3, -0.25) is 4.98 Å². The largest absolute Gasteiger partial charge is 0.312 e. The van der Waals surface area contributed by atoms with Gasteiger partial charge >= 0.3 is 0 Å². The van der Waals surface area contributed by atoms with Gasteiger partial charge in [-0.05, 0) is 69.3 Å². The van der Waals surface area contributed by atoms with Gasteiger partial charge in [-0.1, -0.05) is 23.8 Å². The van der Waals surface area contributed by atoms with Crippen molar-refractivity contribution >= 4 is 10.9 Å². The van der Waals surface area contributed by atoms with Gasteiger partial charge in [0.15, 0.2) is 0 Å². The summed E-state index contributed by atoms with van der Waals surface area (Å²) in [7, 11) is 0. The van der Waals surface area contributed by atoms with E-state index in [1.165, 1.54) is 43.1 Å². The number of aryl methyl sites for hydroxylation is 1. The van der Waals surface area contributed by atoms with E-state index in [9.17, 15) is 0 Å².